The van der Waals surface area contributed by atoms with E-state index in [1.807, 2.05) is 11.9 Å². The fourth-order valence-corrected chi connectivity index (χ4v) is 2.36. The van der Waals surface area contributed by atoms with Crippen molar-refractivity contribution in [2.45, 2.75) is 32.1 Å². The van der Waals surface area contributed by atoms with E-state index in [4.69, 9.17) is 4.74 Å². The summed E-state index contributed by atoms with van der Waals surface area (Å²) in [6.45, 7) is 4.40. The molecule has 2 aliphatic rings. The third-order valence-corrected chi connectivity index (χ3v) is 3.91. The van der Waals surface area contributed by atoms with E-state index >= 15 is 0 Å². The van der Waals surface area contributed by atoms with Crippen LogP contribution < -0.4 is 5.32 Å². The lowest BCUT2D eigenvalue weighted by atomic mass is 9.96. The predicted molar refractivity (Wildman–Crippen MR) is 71.4 cm³/mol. The van der Waals surface area contributed by atoms with Crippen LogP contribution in [0.15, 0.2) is 0 Å². The molecule has 2 rings (SSSR count). The van der Waals surface area contributed by atoms with Gasteiger partial charge in [0.2, 0.25) is 5.91 Å². The SMILES string of the molecule is CN(CCOCC1CC1)C(=O)CC1CCCNC1. The van der Waals surface area contributed by atoms with E-state index in [2.05, 4.69) is 5.32 Å². The van der Waals surface area contributed by atoms with Crippen molar-refractivity contribution in [2.75, 3.05) is 39.9 Å². The number of rotatable bonds is 7. The fraction of sp³-hybridized carbons (Fsp3) is 0.929. The zero-order valence-electron chi connectivity index (χ0n) is 11.5. The zero-order valence-corrected chi connectivity index (χ0v) is 11.5. The second-order valence-corrected chi connectivity index (χ2v) is 5.75. The highest BCUT2D eigenvalue weighted by atomic mass is 16.5. The molecule has 1 amide bonds. The van der Waals surface area contributed by atoms with Crippen LogP contribution in [0.3, 0.4) is 0 Å². The molecule has 104 valence electrons. The molecule has 4 nitrogen and oxygen atoms in total. The van der Waals surface area contributed by atoms with Gasteiger partial charge in [-0.2, -0.15) is 0 Å². The molecular weight excluding hydrogens is 228 g/mol. The molecule has 1 saturated heterocycles. The number of hydrogen-bond donors (Lipinski definition) is 1. The quantitative estimate of drug-likeness (QED) is 0.696. The van der Waals surface area contributed by atoms with Crippen molar-refractivity contribution in [3.8, 4) is 0 Å². The van der Waals surface area contributed by atoms with Gasteiger partial charge in [0.25, 0.3) is 0 Å². The number of amides is 1. The highest BCUT2D eigenvalue weighted by Gasteiger charge is 2.21. The van der Waals surface area contributed by atoms with Crippen molar-refractivity contribution < 1.29 is 9.53 Å². The van der Waals surface area contributed by atoms with Crippen LogP contribution in [0.2, 0.25) is 0 Å². The first kappa shape index (κ1) is 13.8. The molecule has 0 aromatic heterocycles. The van der Waals surface area contributed by atoms with Crippen molar-refractivity contribution in [2.24, 2.45) is 11.8 Å². The molecule has 1 unspecified atom stereocenters. The van der Waals surface area contributed by atoms with Crippen LogP contribution in [-0.2, 0) is 9.53 Å². The van der Waals surface area contributed by atoms with Crippen LogP contribution in [-0.4, -0.2) is 50.7 Å². The first-order chi connectivity index (χ1) is 8.75. The smallest absolute Gasteiger partial charge is 0.222 e. The molecular formula is C14H26N2O2. The van der Waals surface area contributed by atoms with Crippen molar-refractivity contribution in [1.82, 2.24) is 10.2 Å². The molecule has 0 spiro atoms. The van der Waals surface area contributed by atoms with E-state index in [1.54, 1.807) is 0 Å². The Balaban J connectivity index is 1.54. The third-order valence-electron chi connectivity index (χ3n) is 3.91. The number of hydrogen-bond acceptors (Lipinski definition) is 3. The summed E-state index contributed by atoms with van der Waals surface area (Å²) in [5.74, 6) is 1.60. The molecule has 0 bridgehead atoms. The molecule has 0 aromatic rings. The lowest BCUT2D eigenvalue weighted by Gasteiger charge is -2.25. The number of nitrogens with zero attached hydrogens (tertiary/aromatic N) is 1. The number of carbonyl (C=O) groups excluding carboxylic acids is 1. The highest BCUT2D eigenvalue weighted by molar-refractivity contribution is 5.76. The van der Waals surface area contributed by atoms with E-state index in [0.29, 0.717) is 18.9 Å². The fourth-order valence-electron chi connectivity index (χ4n) is 2.36. The van der Waals surface area contributed by atoms with Crippen LogP contribution in [0.5, 0.6) is 0 Å². The van der Waals surface area contributed by atoms with Crippen molar-refractivity contribution in [1.29, 1.82) is 0 Å². The summed E-state index contributed by atoms with van der Waals surface area (Å²) in [5.41, 5.74) is 0. The first-order valence-electron chi connectivity index (χ1n) is 7.28. The summed E-state index contributed by atoms with van der Waals surface area (Å²) in [5, 5.41) is 3.36. The van der Waals surface area contributed by atoms with Gasteiger partial charge in [0.1, 0.15) is 0 Å². The van der Waals surface area contributed by atoms with Crippen LogP contribution in [0.1, 0.15) is 32.1 Å². The van der Waals surface area contributed by atoms with Gasteiger partial charge < -0.3 is 15.0 Å². The van der Waals surface area contributed by atoms with Gasteiger partial charge >= 0.3 is 0 Å². The molecule has 1 saturated carbocycles. The predicted octanol–water partition coefficient (Wildman–Crippen LogP) is 1.26. The van der Waals surface area contributed by atoms with E-state index in [-0.39, 0.29) is 5.91 Å². The van der Waals surface area contributed by atoms with Gasteiger partial charge in [0.15, 0.2) is 0 Å². The molecule has 1 atom stereocenters. The Bertz CT molecular complexity index is 261. The summed E-state index contributed by atoms with van der Waals surface area (Å²) >= 11 is 0. The van der Waals surface area contributed by atoms with Crippen LogP contribution in [0.4, 0.5) is 0 Å². The second-order valence-electron chi connectivity index (χ2n) is 5.75. The highest BCUT2D eigenvalue weighted by Crippen LogP contribution is 2.28. The number of ether oxygens (including phenoxy) is 1. The monoisotopic (exact) mass is 254 g/mol. The number of likely N-dealkylation sites (N-methyl/N-ethyl adjacent to an activating group) is 1. The molecule has 1 N–H and O–H groups in total. The summed E-state index contributed by atoms with van der Waals surface area (Å²) < 4.78 is 5.56. The van der Waals surface area contributed by atoms with Gasteiger partial charge in [0, 0.05) is 26.6 Å². The Morgan fingerprint density at radius 1 is 1.33 bits per heavy atom. The minimum atomic E-state index is 0.263. The topological polar surface area (TPSA) is 41.6 Å². The maximum absolute atomic E-state index is 12.0. The minimum Gasteiger partial charge on any atom is -0.379 e. The van der Waals surface area contributed by atoms with E-state index < -0.39 is 0 Å². The standard InChI is InChI=1S/C14H26N2O2/c1-16(7-8-18-11-12-4-5-12)14(17)9-13-3-2-6-15-10-13/h12-13,15H,2-11H2,1H3. The Hall–Kier alpha value is -0.610. The molecule has 1 aliphatic carbocycles. The Morgan fingerprint density at radius 2 is 2.17 bits per heavy atom. The van der Waals surface area contributed by atoms with Gasteiger partial charge in [-0.25, -0.2) is 0 Å². The molecule has 18 heavy (non-hydrogen) atoms. The third kappa shape index (κ3) is 4.94. The lowest BCUT2D eigenvalue weighted by molar-refractivity contribution is -0.131. The minimum absolute atomic E-state index is 0.263. The van der Waals surface area contributed by atoms with Crippen molar-refractivity contribution >= 4 is 5.91 Å². The van der Waals surface area contributed by atoms with Crippen LogP contribution in [0.25, 0.3) is 0 Å². The Kier molecular flexibility index (Phi) is 5.45. The Morgan fingerprint density at radius 3 is 2.83 bits per heavy atom. The number of carbonyl (C=O) groups is 1. The summed E-state index contributed by atoms with van der Waals surface area (Å²) in [6, 6.07) is 0. The van der Waals surface area contributed by atoms with Crippen LogP contribution >= 0.6 is 0 Å². The number of piperidine rings is 1. The van der Waals surface area contributed by atoms with Gasteiger partial charge in [-0.3, -0.25) is 4.79 Å². The van der Waals surface area contributed by atoms with Crippen molar-refractivity contribution in [3.63, 3.8) is 0 Å². The first-order valence-corrected chi connectivity index (χ1v) is 7.28. The van der Waals surface area contributed by atoms with E-state index in [1.165, 1.54) is 25.7 Å². The molecule has 4 heteroatoms. The molecule has 1 aliphatic heterocycles. The zero-order chi connectivity index (χ0) is 12.8. The maximum atomic E-state index is 12.0. The lowest BCUT2D eigenvalue weighted by Crippen LogP contribution is -2.36. The number of nitrogens with one attached hydrogen (secondary N) is 1. The average molecular weight is 254 g/mol. The summed E-state index contributed by atoms with van der Waals surface area (Å²) in [6.07, 6.45) is 5.72. The van der Waals surface area contributed by atoms with Gasteiger partial charge in [-0.15, -0.1) is 0 Å². The normalized spacial score (nSPS) is 23.9. The summed E-state index contributed by atoms with van der Waals surface area (Å²) in [7, 11) is 1.89. The second kappa shape index (κ2) is 7.10. The van der Waals surface area contributed by atoms with Crippen LogP contribution in [0, 0.1) is 11.8 Å². The van der Waals surface area contributed by atoms with Gasteiger partial charge in [-0.1, -0.05) is 0 Å². The molecule has 1 heterocycles. The molecule has 0 aromatic carbocycles. The van der Waals surface area contributed by atoms with Gasteiger partial charge in [0.05, 0.1) is 6.61 Å². The Labute approximate surface area is 110 Å². The maximum Gasteiger partial charge on any atom is 0.222 e. The van der Waals surface area contributed by atoms with E-state index in [9.17, 15) is 4.79 Å². The molecule has 0 radical (unpaired) electrons. The van der Waals surface area contributed by atoms with E-state index in [0.717, 1.165) is 32.2 Å². The van der Waals surface area contributed by atoms with Gasteiger partial charge in [-0.05, 0) is 50.6 Å². The van der Waals surface area contributed by atoms with Crippen molar-refractivity contribution in [3.05, 3.63) is 0 Å². The molecule has 2 fully saturated rings. The summed E-state index contributed by atoms with van der Waals surface area (Å²) in [4.78, 5) is 13.8. The average Bonchev–Trinajstić information content (AvgIpc) is 3.19. The largest absolute Gasteiger partial charge is 0.379 e.